The Bertz CT molecular complexity index is 499. The minimum atomic E-state index is -0.288. The molecule has 2 aromatic rings. The van der Waals surface area contributed by atoms with Gasteiger partial charge in [0, 0.05) is 29.5 Å². The Balaban J connectivity index is 2.02. The highest BCUT2D eigenvalue weighted by molar-refractivity contribution is 6.30. The standard InChI is InChI=1S/C13H15ClFN3/c1-2-12(13-16-5-6-17-13)18-8-9-3-4-10(14)7-11(9)15/h3-7,12,18H,2,8H2,1H3,(H,16,17). The molecule has 1 atom stereocenters. The van der Waals surface area contributed by atoms with E-state index in [-0.39, 0.29) is 11.9 Å². The highest BCUT2D eigenvalue weighted by Crippen LogP contribution is 2.17. The summed E-state index contributed by atoms with van der Waals surface area (Å²) in [7, 11) is 0. The molecular formula is C13H15ClFN3. The van der Waals surface area contributed by atoms with E-state index in [1.54, 1.807) is 24.5 Å². The molecule has 1 unspecified atom stereocenters. The maximum absolute atomic E-state index is 13.6. The van der Waals surface area contributed by atoms with Crippen molar-refractivity contribution in [1.82, 2.24) is 15.3 Å². The molecule has 1 aromatic heterocycles. The minimum Gasteiger partial charge on any atom is -0.347 e. The van der Waals surface area contributed by atoms with E-state index in [9.17, 15) is 4.39 Å². The summed E-state index contributed by atoms with van der Waals surface area (Å²) in [4.78, 5) is 7.26. The molecule has 18 heavy (non-hydrogen) atoms. The summed E-state index contributed by atoms with van der Waals surface area (Å²) < 4.78 is 13.6. The largest absolute Gasteiger partial charge is 0.347 e. The number of nitrogens with zero attached hydrogens (tertiary/aromatic N) is 1. The molecule has 1 heterocycles. The molecule has 0 fully saturated rings. The summed E-state index contributed by atoms with van der Waals surface area (Å²) in [5.41, 5.74) is 0.601. The van der Waals surface area contributed by atoms with Crippen LogP contribution >= 0.6 is 11.6 Å². The van der Waals surface area contributed by atoms with Crippen LogP contribution in [-0.2, 0) is 6.54 Å². The lowest BCUT2D eigenvalue weighted by molar-refractivity contribution is 0.486. The van der Waals surface area contributed by atoms with Crippen molar-refractivity contribution < 1.29 is 4.39 Å². The van der Waals surface area contributed by atoms with Gasteiger partial charge in [0.25, 0.3) is 0 Å². The van der Waals surface area contributed by atoms with E-state index in [0.717, 1.165) is 12.2 Å². The summed E-state index contributed by atoms with van der Waals surface area (Å²) in [6, 6.07) is 4.80. The van der Waals surface area contributed by atoms with Crippen LogP contribution in [0, 0.1) is 5.82 Å². The molecule has 3 nitrogen and oxygen atoms in total. The van der Waals surface area contributed by atoms with E-state index in [2.05, 4.69) is 22.2 Å². The number of benzene rings is 1. The van der Waals surface area contributed by atoms with E-state index in [1.807, 2.05) is 0 Å². The third-order valence-electron chi connectivity index (χ3n) is 2.81. The fraction of sp³-hybridized carbons (Fsp3) is 0.308. The summed E-state index contributed by atoms with van der Waals surface area (Å²) in [5.74, 6) is 0.580. The summed E-state index contributed by atoms with van der Waals surface area (Å²) >= 11 is 5.71. The molecule has 0 spiro atoms. The molecule has 0 amide bonds. The zero-order valence-corrected chi connectivity index (χ0v) is 10.8. The predicted octanol–water partition coefficient (Wildman–Crippen LogP) is 3.44. The van der Waals surface area contributed by atoms with Crippen molar-refractivity contribution in [3.63, 3.8) is 0 Å². The number of rotatable bonds is 5. The van der Waals surface area contributed by atoms with Gasteiger partial charge in [-0.2, -0.15) is 0 Å². The summed E-state index contributed by atoms with van der Waals surface area (Å²) in [6.07, 6.45) is 4.37. The monoisotopic (exact) mass is 267 g/mol. The first kappa shape index (κ1) is 13.1. The number of hydrogen-bond donors (Lipinski definition) is 2. The molecule has 0 bridgehead atoms. The smallest absolute Gasteiger partial charge is 0.129 e. The number of aromatic amines is 1. The van der Waals surface area contributed by atoms with Crippen LogP contribution in [0.3, 0.4) is 0 Å². The number of aromatic nitrogens is 2. The van der Waals surface area contributed by atoms with Crippen molar-refractivity contribution in [2.24, 2.45) is 0 Å². The van der Waals surface area contributed by atoms with Gasteiger partial charge in [-0.1, -0.05) is 24.6 Å². The molecule has 2 rings (SSSR count). The highest BCUT2D eigenvalue weighted by Gasteiger charge is 2.12. The van der Waals surface area contributed by atoms with Crippen LogP contribution in [-0.4, -0.2) is 9.97 Å². The Morgan fingerprint density at radius 3 is 2.94 bits per heavy atom. The minimum absolute atomic E-state index is 0.0927. The van der Waals surface area contributed by atoms with Gasteiger partial charge in [-0.15, -0.1) is 0 Å². The van der Waals surface area contributed by atoms with Crippen molar-refractivity contribution >= 4 is 11.6 Å². The molecule has 0 saturated carbocycles. The third-order valence-corrected chi connectivity index (χ3v) is 3.05. The van der Waals surface area contributed by atoms with Crippen LogP contribution in [0.1, 0.15) is 30.8 Å². The molecule has 0 saturated heterocycles. The maximum Gasteiger partial charge on any atom is 0.129 e. The van der Waals surface area contributed by atoms with Crippen molar-refractivity contribution in [3.8, 4) is 0 Å². The maximum atomic E-state index is 13.6. The van der Waals surface area contributed by atoms with Crippen molar-refractivity contribution in [1.29, 1.82) is 0 Å². The lowest BCUT2D eigenvalue weighted by atomic mass is 10.1. The van der Waals surface area contributed by atoms with Crippen LogP contribution in [0.4, 0.5) is 4.39 Å². The van der Waals surface area contributed by atoms with Crippen molar-refractivity contribution in [3.05, 3.63) is 52.8 Å². The molecular weight excluding hydrogens is 253 g/mol. The quantitative estimate of drug-likeness (QED) is 0.871. The van der Waals surface area contributed by atoms with Gasteiger partial charge in [0.15, 0.2) is 0 Å². The van der Waals surface area contributed by atoms with Crippen LogP contribution < -0.4 is 5.32 Å². The van der Waals surface area contributed by atoms with Gasteiger partial charge < -0.3 is 10.3 Å². The van der Waals surface area contributed by atoms with Gasteiger partial charge in [-0.3, -0.25) is 0 Å². The summed E-state index contributed by atoms with van der Waals surface area (Å²) in [6.45, 7) is 2.50. The third kappa shape index (κ3) is 3.09. The van der Waals surface area contributed by atoms with Gasteiger partial charge in [0.2, 0.25) is 0 Å². The number of nitrogens with one attached hydrogen (secondary N) is 2. The van der Waals surface area contributed by atoms with Gasteiger partial charge in [0.1, 0.15) is 11.6 Å². The topological polar surface area (TPSA) is 40.7 Å². The fourth-order valence-corrected chi connectivity index (χ4v) is 1.96. The van der Waals surface area contributed by atoms with Gasteiger partial charge in [-0.05, 0) is 18.6 Å². The number of hydrogen-bond acceptors (Lipinski definition) is 2. The van der Waals surface area contributed by atoms with E-state index in [0.29, 0.717) is 17.1 Å². The summed E-state index contributed by atoms with van der Waals surface area (Å²) in [5, 5.41) is 3.68. The first-order valence-corrected chi connectivity index (χ1v) is 6.25. The first-order valence-electron chi connectivity index (χ1n) is 5.87. The lowest BCUT2D eigenvalue weighted by Crippen LogP contribution is -2.21. The molecule has 5 heteroatoms. The van der Waals surface area contributed by atoms with Crippen molar-refractivity contribution in [2.75, 3.05) is 0 Å². The van der Waals surface area contributed by atoms with E-state index < -0.39 is 0 Å². The zero-order chi connectivity index (χ0) is 13.0. The van der Waals surface area contributed by atoms with E-state index >= 15 is 0 Å². The number of imidazole rings is 1. The SMILES string of the molecule is CCC(NCc1ccc(Cl)cc1F)c1ncc[nH]1. The molecule has 0 aliphatic rings. The number of H-pyrrole nitrogens is 1. The molecule has 0 aliphatic carbocycles. The first-order chi connectivity index (χ1) is 8.70. The average molecular weight is 268 g/mol. The van der Waals surface area contributed by atoms with Crippen LogP contribution in [0.25, 0.3) is 0 Å². The normalized spacial score (nSPS) is 12.6. The Morgan fingerprint density at radius 1 is 1.50 bits per heavy atom. The van der Waals surface area contributed by atoms with Gasteiger partial charge >= 0.3 is 0 Å². The highest BCUT2D eigenvalue weighted by atomic mass is 35.5. The molecule has 1 aromatic carbocycles. The van der Waals surface area contributed by atoms with Crippen LogP contribution in [0.15, 0.2) is 30.6 Å². The second kappa shape index (κ2) is 5.98. The Kier molecular flexibility index (Phi) is 4.33. The fourth-order valence-electron chi connectivity index (χ4n) is 1.80. The second-order valence-electron chi connectivity index (χ2n) is 4.05. The predicted molar refractivity (Wildman–Crippen MR) is 69.9 cm³/mol. The van der Waals surface area contributed by atoms with Crippen LogP contribution in [0.2, 0.25) is 5.02 Å². The molecule has 96 valence electrons. The molecule has 0 aliphatic heterocycles. The van der Waals surface area contributed by atoms with E-state index in [4.69, 9.17) is 11.6 Å². The molecule has 2 N–H and O–H groups in total. The molecule has 0 radical (unpaired) electrons. The van der Waals surface area contributed by atoms with Crippen molar-refractivity contribution in [2.45, 2.75) is 25.9 Å². The Labute approximate surface area is 110 Å². The Morgan fingerprint density at radius 2 is 2.33 bits per heavy atom. The zero-order valence-electron chi connectivity index (χ0n) is 10.1. The Hall–Kier alpha value is -1.39. The van der Waals surface area contributed by atoms with Crippen LogP contribution in [0.5, 0.6) is 0 Å². The van der Waals surface area contributed by atoms with E-state index in [1.165, 1.54) is 6.07 Å². The average Bonchev–Trinajstić information content (AvgIpc) is 2.86. The number of halogens is 2. The second-order valence-corrected chi connectivity index (χ2v) is 4.49. The van der Waals surface area contributed by atoms with Gasteiger partial charge in [-0.25, -0.2) is 9.37 Å². The lowest BCUT2D eigenvalue weighted by Gasteiger charge is -2.15. The van der Waals surface area contributed by atoms with Gasteiger partial charge in [0.05, 0.1) is 6.04 Å².